The van der Waals surface area contributed by atoms with Crippen molar-refractivity contribution < 1.29 is 13.9 Å². The van der Waals surface area contributed by atoms with Crippen molar-refractivity contribution >= 4 is 5.91 Å². The predicted molar refractivity (Wildman–Crippen MR) is 123 cm³/mol. The normalized spacial score (nSPS) is 14.9. The zero-order valence-electron chi connectivity index (χ0n) is 18.7. The fourth-order valence-electron chi connectivity index (χ4n) is 4.02. The molecule has 0 saturated carbocycles. The van der Waals surface area contributed by atoms with E-state index in [0.29, 0.717) is 17.1 Å². The molecular formula is C26H28FN3O2. The quantitative estimate of drug-likeness (QED) is 0.558. The maximum absolute atomic E-state index is 13.2. The van der Waals surface area contributed by atoms with Gasteiger partial charge in [-0.1, -0.05) is 0 Å². The molecule has 1 saturated heterocycles. The molecule has 1 fully saturated rings. The summed E-state index contributed by atoms with van der Waals surface area (Å²) in [6.07, 6.45) is 1.98. The van der Waals surface area contributed by atoms with Crippen LogP contribution in [0.1, 0.15) is 28.9 Å². The van der Waals surface area contributed by atoms with Crippen molar-refractivity contribution in [1.82, 2.24) is 14.8 Å². The van der Waals surface area contributed by atoms with Crippen molar-refractivity contribution in [3.8, 4) is 22.8 Å². The average Bonchev–Trinajstić information content (AvgIpc) is 2.80. The van der Waals surface area contributed by atoms with Gasteiger partial charge in [-0.25, -0.2) is 4.39 Å². The minimum absolute atomic E-state index is 0.0302. The second-order valence-electron chi connectivity index (χ2n) is 8.41. The summed E-state index contributed by atoms with van der Waals surface area (Å²) in [7, 11) is 4.02. The van der Waals surface area contributed by atoms with E-state index in [1.807, 2.05) is 55.3 Å². The van der Waals surface area contributed by atoms with Gasteiger partial charge in [0.2, 0.25) is 0 Å². The summed E-state index contributed by atoms with van der Waals surface area (Å²) in [5, 5.41) is 0. The van der Waals surface area contributed by atoms with Gasteiger partial charge >= 0.3 is 0 Å². The Balaban J connectivity index is 1.50. The van der Waals surface area contributed by atoms with E-state index < -0.39 is 0 Å². The summed E-state index contributed by atoms with van der Waals surface area (Å²) in [5.74, 6) is 0.941. The first-order valence-electron chi connectivity index (χ1n) is 10.9. The lowest BCUT2D eigenvalue weighted by atomic mass is 10.0. The molecule has 32 heavy (non-hydrogen) atoms. The fraction of sp³-hybridized carbons (Fsp3) is 0.308. The van der Waals surface area contributed by atoms with Gasteiger partial charge in [0.15, 0.2) is 0 Å². The Morgan fingerprint density at radius 1 is 1.03 bits per heavy atom. The number of rotatable bonds is 5. The average molecular weight is 434 g/mol. The highest BCUT2D eigenvalue weighted by Crippen LogP contribution is 2.26. The number of aromatic nitrogens is 1. The van der Waals surface area contributed by atoms with Crippen molar-refractivity contribution in [2.45, 2.75) is 25.8 Å². The smallest absolute Gasteiger partial charge is 0.253 e. The van der Waals surface area contributed by atoms with E-state index in [4.69, 9.17) is 4.74 Å². The lowest BCUT2D eigenvalue weighted by Gasteiger charge is -2.35. The Kier molecular flexibility index (Phi) is 6.51. The van der Waals surface area contributed by atoms with Crippen molar-refractivity contribution in [2.75, 3.05) is 27.2 Å². The van der Waals surface area contributed by atoms with E-state index in [2.05, 4.69) is 16.9 Å². The summed E-state index contributed by atoms with van der Waals surface area (Å²) in [6.45, 7) is 3.92. The summed E-state index contributed by atoms with van der Waals surface area (Å²) >= 11 is 0. The van der Waals surface area contributed by atoms with Crippen LogP contribution in [0, 0.1) is 12.7 Å². The zero-order valence-corrected chi connectivity index (χ0v) is 18.7. The summed E-state index contributed by atoms with van der Waals surface area (Å²) < 4.78 is 18.8. The molecule has 0 N–H and O–H groups in total. The zero-order chi connectivity index (χ0) is 22.7. The molecule has 0 aliphatic carbocycles. The third-order valence-corrected chi connectivity index (χ3v) is 5.96. The van der Waals surface area contributed by atoms with Crippen LogP contribution in [0.25, 0.3) is 11.3 Å². The standard InChI is InChI=1S/C26H28FN3O2/c1-18-16-20(26(31)30(3)22-12-14-29(2)15-13-22)17-25(28-18)19-4-8-23(9-5-19)32-24-10-6-21(27)7-11-24/h4-11,16-17,22H,12-15H2,1-3H3. The second-order valence-corrected chi connectivity index (χ2v) is 8.41. The topological polar surface area (TPSA) is 45.7 Å². The number of amides is 1. The van der Waals surface area contributed by atoms with Crippen LogP contribution in [0.4, 0.5) is 4.39 Å². The van der Waals surface area contributed by atoms with Gasteiger partial charge in [-0.3, -0.25) is 9.78 Å². The highest BCUT2D eigenvalue weighted by molar-refractivity contribution is 5.95. The molecule has 2 heterocycles. The first kappa shape index (κ1) is 22.0. The van der Waals surface area contributed by atoms with Gasteiger partial charge in [0.05, 0.1) is 5.69 Å². The molecule has 0 unspecified atom stereocenters. The second kappa shape index (κ2) is 9.49. The Labute approximate surface area is 188 Å². The maximum atomic E-state index is 13.2. The van der Waals surface area contributed by atoms with Crippen molar-refractivity contribution in [2.24, 2.45) is 0 Å². The minimum Gasteiger partial charge on any atom is -0.457 e. The number of likely N-dealkylation sites (tertiary alicyclic amines) is 1. The number of ether oxygens (including phenoxy) is 1. The molecule has 0 atom stereocenters. The Bertz CT molecular complexity index is 1080. The van der Waals surface area contributed by atoms with Gasteiger partial charge in [0.25, 0.3) is 5.91 Å². The molecule has 166 valence electrons. The lowest BCUT2D eigenvalue weighted by molar-refractivity contribution is 0.0659. The van der Waals surface area contributed by atoms with E-state index in [9.17, 15) is 9.18 Å². The first-order valence-corrected chi connectivity index (χ1v) is 10.9. The molecule has 5 nitrogen and oxygen atoms in total. The molecule has 1 aromatic heterocycles. The number of halogens is 1. The highest BCUT2D eigenvalue weighted by Gasteiger charge is 2.25. The molecule has 1 aliphatic heterocycles. The Hall–Kier alpha value is -3.25. The monoisotopic (exact) mass is 433 g/mol. The third kappa shape index (κ3) is 5.14. The first-order chi connectivity index (χ1) is 15.4. The minimum atomic E-state index is -0.301. The Morgan fingerprint density at radius 3 is 2.25 bits per heavy atom. The van der Waals surface area contributed by atoms with E-state index in [1.165, 1.54) is 12.1 Å². The number of hydrogen-bond acceptors (Lipinski definition) is 4. The number of pyridine rings is 1. The maximum Gasteiger partial charge on any atom is 0.253 e. The number of piperidine rings is 1. The van der Waals surface area contributed by atoms with Crippen molar-refractivity contribution in [3.63, 3.8) is 0 Å². The van der Waals surface area contributed by atoms with Crippen LogP contribution in [-0.4, -0.2) is 53.9 Å². The molecule has 0 bridgehead atoms. The van der Waals surface area contributed by atoms with Crippen LogP contribution in [0.15, 0.2) is 60.7 Å². The van der Waals surface area contributed by atoms with Crippen LogP contribution in [-0.2, 0) is 0 Å². The van der Waals surface area contributed by atoms with Gasteiger partial charge in [0, 0.05) is 29.9 Å². The largest absolute Gasteiger partial charge is 0.457 e. The predicted octanol–water partition coefficient (Wildman–Crippen LogP) is 5.15. The number of carbonyl (C=O) groups is 1. The third-order valence-electron chi connectivity index (χ3n) is 5.96. The molecule has 0 spiro atoms. The van der Waals surface area contributed by atoms with Crippen LogP contribution in [0.5, 0.6) is 11.5 Å². The van der Waals surface area contributed by atoms with Gasteiger partial charge < -0.3 is 14.5 Å². The highest BCUT2D eigenvalue weighted by atomic mass is 19.1. The van der Waals surface area contributed by atoms with E-state index in [-0.39, 0.29) is 17.8 Å². The molecule has 3 aromatic rings. The fourth-order valence-corrected chi connectivity index (χ4v) is 4.02. The van der Waals surface area contributed by atoms with E-state index >= 15 is 0 Å². The summed E-state index contributed by atoms with van der Waals surface area (Å²) in [4.78, 5) is 22.0. The van der Waals surface area contributed by atoms with Crippen molar-refractivity contribution in [3.05, 3.63) is 77.7 Å². The molecule has 6 heteroatoms. The molecular weight excluding hydrogens is 405 g/mol. The van der Waals surface area contributed by atoms with Crippen molar-refractivity contribution in [1.29, 1.82) is 0 Å². The van der Waals surface area contributed by atoms with Gasteiger partial charge in [-0.2, -0.15) is 0 Å². The van der Waals surface area contributed by atoms with Crippen LogP contribution >= 0.6 is 0 Å². The summed E-state index contributed by atoms with van der Waals surface area (Å²) in [5.41, 5.74) is 3.10. The number of benzene rings is 2. The van der Waals surface area contributed by atoms with Gasteiger partial charge in [0.1, 0.15) is 17.3 Å². The lowest BCUT2D eigenvalue weighted by Crippen LogP contribution is -2.44. The Morgan fingerprint density at radius 2 is 1.62 bits per heavy atom. The van der Waals surface area contributed by atoms with Crippen LogP contribution in [0.3, 0.4) is 0 Å². The van der Waals surface area contributed by atoms with Crippen LogP contribution in [0.2, 0.25) is 0 Å². The molecule has 4 rings (SSSR count). The molecule has 1 amide bonds. The number of nitrogens with zero attached hydrogens (tertiary/aromatic N) is 3. The van der Waals surface area contributed by atoms with Gasteiger partial charge in [-0.05, 0) is 101 Å². The molecule has 2 aromatic carbocycles. The summed E-state index contributed by atoms with van der Waals surface area (Å²) in [6, 6.07) is 17.4. The number of carbonyl (C=O) groups excluding carboxylic acids is 1. The van der Waals surface area contributed by atoms with Crippen LogP contribution < -0.4 is 4.74 Å². The van der Waals surface area contributed by atoms with Gasteiger partial charge in [-0.15, -0.1) is 0 Å². The van der Waals surface area contributed by atoms with E-state index in [0.717, 1.165) is 42.9 Å². The van der Waals surface area contributed by atoms with E-state index in [1.54, 1.807) is 12.1 Å². The molecule has 0 radical (unpaired) electrons. The SMILES string of the molecule is Cc1cc(C(=O)N(C)C2CCN(C)CC2)cc(-c2ccc(Oc3ccc(F)cc3)cc2)n1. The number of aryl methyl sites for hydroxylation is 1. The number of hydrogen-bond donors (Lipinski definition) is 0. The molecule has 1 aliphatic rings.